The monoisotopic (exact) mass is 1740 g/mol. The highest BCUT2D eigenvalue weighted by Crippen LogP contribution is 2.68. The number of ether oxygens (including phenoxy) is 8. The van der Waals surface area contributed by atoms with Gasteiger partial charge in [0.2, 0.25) is 23.6 Å². The number of fused-ring (bicyclic) bond motifs is 4. The summed E-state index contributed by atoms with van der Waals surface area (Å²) in [6, 6.07) is 5.73. The number of aliphatic hydroxyl groups excluding tert-OH is 3. The Bertz CT molecular complexity index is 5630. The number of phosphoric ester groups is 4. The van der Waals surface area contributed by atoms with E-state index in [1.54, 1.807) is 26.8 Å². The number of para-hydroxylation sites is 1. The van der Waals surface area contributed by atoms with Crippen LogP contribution >= 0.6 is 39.1 Å². The first-order valence-electron chi connectivity index (χ1n) is 33.9. The van der Waals surface area contributed by atoms with Gasteiger partial charge in [-0.05, 0) is 11.5 Å². The number of nitrogens with zero attached hydrogens (tertiary/aromatic N) is 14. The molecule has 0 amide bonds. The van der Waals surface area contributed by atoms with Crippen molar-refractivity contribution >= 4 is 113 Å². The number of nitrogen functional groups attached to an aromatic ring is 3. The molecule has 9 aromatic rings. The number of anilines is 4. The maximum absolute atomic E-state index is 14.6. The van der Waals surface area contributed by atoms with Gasteiger partial charge >= 0.3 is 44.8 Å². The lowest BCUT2D eigenvalue weighted by Crippen LogP contribution is -2.47. The van der Waals surface area contributed by atoms with Crippen LogP contribution in [-0.4, -0.2) is 246 Å². The van der Waals surface area contributed by atoms with Crippen LogP contribution in [0.3, 0.4) is 0 Å². The van der Waals surface area contributed by atoms with Crippen LogP contribution in [0.4, 0.5) is 29.4 Å². The fraction of sp³-hybridized carbons (Fsp3) is 0.536. The Morgan fingerprint density at radius 3 is 1.60 bits per heavy atom. The van der Waals surface area contributed by atoms with E-state index < -0.39 is 210 Å². The summed E-state index contributed by atoms with van der Waals surface area (Å²) in [5.41, 5.74) is 13.1. The number of H-pyrrole nitrogens is 3. The van der Waals surface area contributed by atoms with Gasteiger partial charge in [-0.15, -0.1) is 0 Å². The van der Waals surface area contributed by atoms with Gasteiger partial charge in [-0.25, -0.2) is 52.3 Å². The van der Waals surface area contributed by atoms with Crippen LogP contribution in [-0.2, 0) is 104 Å². The Labute approximate surface area is 646 Å². The second-order valence-corrected chi connectivity index (χ2v) is 34.5. The summed E-state index contributed by atoms with van der Waals surface area (Å²) < 4.78 is 164. The normalized spacial score (nSPS) is 28.1. The number of nitro groups is 1. The third-order valence-electron chi connectivity index (χ3n) is 18.4. The number of aromatic amines is 3. The number of aliphatic hydroxyl groups is 3. The first-order valence-corrected chi connectivity index (χ1v) is 41.3. The molecule has 0 saturated carbocycles. The lowest BCUT2D eigenvalue weighted by atomic mass is 9.84. The molecular formula is C56H75N21O34P5+. The lowest BCUT2D eigenvalue weighted by Gasteiger charge is -2.31. The largest absolute Gasteiger partial charge is 0.490 e. The number of hydrogen-bond donors (Lipinski definition) is 15. The predicted molar refractivity (Wildman–Crippen MR) is 382 cm³/mol. The van der Waals surface area contributed by atoms with E-state index in [4.69, 9.17) is 82.2 Å². The number of phosphoric acid groups is 5. The van der Waals surface area contributed by atoms with Gasteiger partial charge in [0.05, 0.1) is 69.0 Å². The summed E-state index contributed by atoms with van der Waals surface area (Å²) in [7, 11) is -25.0. The van der Waals surface area contributed by atoms with Crippen LogP contribution in [0, 0.1) is 15.5 Å². The summed E-state index contributed by atoms with van der Waals surface area (Å²) >= 11 is 0. The average molecular weight is 1740 g/mol. The van der Waals surface area contributed by atoms with Gasteiger partial charge in [0.25, 0.3) is 28.3 Å². The molecule has 4 fully saturated rings. The minimum absolute atomic E-state index is 0.00364. The zero-order valence-electron chi connectivity index (χ0n) is 61.0. The van der Waals surface area contributed by atoms with Gasteiger partial charge in [0.1, 0.15) is 91.9 Å². The number of methoxy groups -OCH3 is 2. The van der Waals surface area contributed by atoms with Gasteiger partial charge in [0, 0.05) is 27.3 Å². The molecule has 60 heteroatoms. The van der Waals surface area contributed by atoms with Crippen molar-refractivity contribution in [2.45, 2.75) is 125 Å². The zero-order chi connectivity index (χ0) is 83.8. The summed E-state index contributed by atoms with van der Waals surface area (Å²) in [6.07, 6.45) is -23.9. The van der Waals surface area contributed by atoms with Gasteiger partial charge in [-0.2, -0.15) is 18.6 Å². The Balaban J connectivity index is 0.708. The fourth-order valence-electron chi connectivity index (χ4n) is 13.4. The first-order chi connectivity index (χ1) is 54.6. The molecule has 4 aliphatic rings. The molecule has 10 unspecified atom stereocenters. The van der Waals surface area contributed by atoms with E-state index in [9.17, 15) is 87.1 Å². The van der Waals surface area contributed by atoms with Crippen LogP contribution in [0.2, 0.25) is 0 Å². The van der Waals surface area contributed by atoms with Crippen LogP contribution in [0.1, 0.15) is 57.4 Å². The third-order valence-corrected chi connectivity index (χ3v) is 24.6. The van der Waals surface area contributed by atoms with Crippen LogP contribution < -0.4 is 43.8 Å². The number of aryl methyl sites for hydroxylation is 1. The number of nitrogens with one attached hydrogen (secondary N) is 4. The Hall–Kier alpha value is -8.39. The molecule has 55 nitrogen and oxygen atoms in total. The number of nitro benzene ring substituents is 1. The van der Waals surface area contributed by atoms with Gasteiger partial charge in [0.15, 0.2) is 58.8 Å². The molecule has 4 saturated heterocycles. The summed E-state index contributed by atoms with van der Waals surface area (Å²) in [5, 5.41) is 48.9. The van der Waals surface area contributed by atoms with Crippen molar-refractivity contribution in [1.82, 2.24) is 73.1 Å². The number of imidazole rings is 4. The van der Waals surface area contributed by atoms with Gasteiger partial charge in [-0.1, -0.05) is 37.9 Å². The SMILES string of the molecule is CNc1ncnc2c1ncn2[C@@H]1O[C@H](COP(=O)(O)OP(=O)(O)OP(=O)(O)OC[C@H]2O[C@@H]([n+]3cn(C)c4c(=O)[nH]c(N)nc43)C(OCOC(c3ccccc3[N+](=O)[O-])C(C)(C)C)[C@H]2O)[C@H](OP(=O)(O)OC[C@H]2O[C@@H](n3cnc4c(=O)[nH]c(N)nc43)C(OC)[C@H]2OP(=O)(O)OC[C@H]2O[C@@H](n3cnc4c(=O)[nH]c(N)nc43)C(O)[C@H]2O)C1OC. The van der Waals surface area contributed by atoms with Crippen molar-refractivity contribution in [1.29, 1.82) is 0 Å². The molecule has 0 spiro atoms. The van der Waals surface area contributed by atoms with Crippen LogP contribution in [0.15, 0.2) is 70.3 Å². The van der Waals surface area contributed by atoms with E-state index in [0.29, 0.717) is 0 Å². The maximum atomic E-state index is 14.6. The van der Waals surface area contributed by atoms with Crippen molar-refractivity contribution in [3.05, 3.63) is 103 Å². The average Bonchev–Trinajstić information content (AvgIpc) is 1.61. The molecular weight excluding hydrogens is 1670 g/mol. The van der Waals surface area contributed by atoms with E-state index in [1.807, 2.05) is 0 Å². The first kappa shape index (κ1) is 85.5. The quantitative estimate of drug-likeness (QED) is 0.00737. The molecule has 12 heterocycles. The minimum Gasteiger partial charge on any atom is -0.387 e. The number of hydrogen-bond acceptors (Lipinski definition) is 41. The summed E-state index contributed by atoms with van der Waals surface area (Å²) in [4.78, 5) is 146. The highest BCUT2D eigenvalue weighted by atomic mass is 31.3. The molecule has 8 aromatic heterocycles. The predicted octanol–water partition coefficient (Wildman–Crippen LogP) is -1.43. The van der Waals surface area contributed by atoms with E-state index in [-0.39, 0.29) is 73.6 Å². The van der Waals surface area contributed by atoms with Gasteiger partial charge < -0.3 is 100 Å². The Morgan fingerprint density at radius 1 is 0.603 bits per heavy atom. The lowest BCUT2D eigenvalue weighted by molar-refractivity contribution is -0.746. The van der Waals surface area contributed by atoms with E-state index >= 15 is 0 Å². The molecule has 13 rings (SSSR count). The molecule has 4 aliphatic heterocycles. The zero-order valence-corrected chi connectivity index (χ0v) is 65.4. The summed E-state index contributed by atoms with van der Waals surface area (Å²) in [5.74, 6) is -0.961. The number of aromatic nitrogens is 16. The van der Waals surface area contributed by atoms with Crippen molar-refractivity contribution in [2.75, 3.05) is 77.0 Å². The maximum Gasteiger partial charge on any atom is 0.490 e. The molecule has 1 aromatic carbocycles. The van der Waals surface area contributed by atoms with Crippen LogP contribution in [0.25, 0.3) is 44.7 Å². The van der Waals surface area contributed by atoms with Crippen molar-refractivity contribution in [3.8, 4) is 0 Å². The minimum atomic E-state index is -6.42. The fourth-order valence-corrected chi connectivity index (χ4v) is 18.9. The number of rotatable bonds is 33. The topological polar surface area (TPSA) is 753 Å². The number of benzene rings is 1. The van der Waals surface area contributed by atoms with E-state index in [2.05, 4.69) is 68.8 Å². The second-order valence-electron chi connectivity index (χ2n) is 27.0. The standard InChI is InChI=1S/C56H74N21O34P5/c1-56(2,3)40(22-10-8-9-11-23(22)77(84)85)99-21-98-37-33(79)25(105-50(37)76-20-72(5)31-45(76)68-55(59)71-48(31)83)13-102-114(90,91)110-116(94,95)111-115(92,93)103-15-27-36(38(96-6)51(106-27)73-17-63-28-41(60-4)61-16-62-42(28)73)109-113(88,89)101-14-26-35(39(97-7)52(107-26)75-19-65-30-44(75)67-54(58)70-47(30)82)108-112(86,87)100-12-24-32(78)34(80)49(104-24)74-18-64-29-43(74)66-53(57)69-46(29)81/h8-11,16-20,24-27,32-40,49-52,78-80H,12-15,21H2,1-7H3,(H14-,57,58,59,60,61,62,66,67,68,69,70,71,81,82,83,86,87,88,89,90,91,92,93,94,95)/p+1/t24-,25-,26-,27-,32+,33+,34?,35+,36+,37?,38?,39?,40?,49-,50-,51-,52-/m1/s1. The second kappa shape index (κ2) is 33.1. The summed E-state index contributed by atoms with van der Waals surface area (Å²) in [6.45, 7) is -0.484. The smallest absolute Gasteiger partial charge is 0.387 e. The van der Waals surface area contributed by atoms with Crippen molar-refractivity contribution < 1.29 is 146 Å². The molecule has 116 heavy (non-hydrogen) atoms. The molecule has 0 aliphatic carbocycles. The van der Waals surface area contributed by atoms with Crippen molar-refractivity contribution in [3.63, 3.8) is 0 Å². The van der Waals surface area contributed by atoms with Crippen LogP contribution in [0.5, 0.6) is 0 Å². The third kappa shape index (κ3) is 17.7. The van der Waals surface area contributed by atoms with Crippen molar-refractivity contribution in [2.24, 2.45) is 12.5 Å². The Kier molecular flexibility index (Phi) is 24.4. The highest BCUT2D eigenvalue weighted by molar-refractivity contribution is 7.66. The highest BCUT2D eigenvalue weighted by Gasteiger charge is 2.57. The molecule has 632 valence electrons. The molecule has 22 atom stereocenters. The van der Waals surface area contributed by atoms with E-state index in [0.717, 1.165) is 48.7 Å². The van der Waals surface area contributed by atoms with E-state index in [1.165, 1.54) is 52.3 Å². The van der Waals surface area contributed by atoms with Gasteiger partial charge in [-0.3, -0.25) is 84.9 Å². The molecule has 0 bridgehead atoms. The number of nitrogens with two attached hydrogens (primary N) is 3. The molecule has 0 radical (unpaired) electrons. The molecule has 18 N–H and O–H groups in total. The Morgan fingerprint density at radius 2 is 1.08 bits per heavy atom.